The highest BCUT2D eigenvalue weighted by atomic mass is 16.5. The molecule has 0 N–H and O–H groups in total. The minimum atomic E-state index is 0.0366. The third kappa shape index (κ3) is 4.60. The van der Waals surface area contributed by atoms with Crippen molar-refractivity contribution in [3.05, 3.63) is 11.6 Å². The lowest BCUT2D eigenvalue weighted by Gasteiger charge is -2.57. The van der Waals surface area contributed by atoms with Gasteiger partial charge in [0.1, 0.15) is 6.10 Å². The van der Waals surface area contributed by atoms with Gasteiger partial charge in [-0.2, -0.15) is 0 Å². The van der Waals surface area contributed by atoms with Crippen molar-refractivity contribution in [2.45, 2.75) is 124 Å². The molecule has 4 rings (SSSR count). The number of fused-ring (bicyclic) bond motifs is 5. The fraction of sp³-hybridized carbons (Fsp3) is 0.862. The van der Waals surface area contributed by atoms with E-state index in [1.54, 1.807) is 0 Å². The van der Waals surface area contributed by atoms with E-state index in [9.17, 15) is 9.59 Å². The molecule has 0 saturated heterocycles. The van der Waals surface area contributed by atoms with Gasteiger partial charge in [-0.15, -0.1) is 0 Å². The van der Waals surface area contributed by atoms with Gasteiger partial charge in [-0.05, 0) is 86.5 Å². The lowest BCUT2D eigenvalue weighted by molar-refractivity contribution is -0.160. The molecule has 6 atom stereocenters. The van der Waals surface area contributed by atoms with Crippen molar-refractivity contribution >= 4 is 11.8 Å². The summed E-state index contributed by atoms with van der Waals surface area (Å²) in [6.07, 6.45) is 17.3. The van der Waals surface area contributed by atoms with Gasteiger partial charge in [0.2, 0.25) is 0 Å². The van der Waals surface area contributed by atoms with Crippen molar-refractivity contribution in [1.82, 2.24) is 0 Å². The first-order chi connectivity index (χ1) is 15.2. The lowest BCUT2D eigenvalue weighted by atomic mass is 9.47. The molecule has 0 aliphatic heterocycles. The zero-order valence-corrected chi connectivity index (χ0v) is 21.1. The number of carbonyl (C=O) groups is 2. The minimum absolute atomic E-state index is 0.0366. The van der Waals surface area contributed by atoms with Crippen LogP contribution in [0.2, 0.25) is 0 Å². The Kier molecular flexibility index (Phi) is 7.23. The SMILES string of the molecule is CC(C)CCCCCCC(=O)O[C@H]1CC[C@H]2[C@@H]3CCC4=CC(=O)CC[C@]4(C)[C@H]3CC[C@]12C. The van der Waals surface area contributed by atoms with Crippen molar-refractivity contribution in [3.8, 4) is 0 Å². The van der Waals surface area contributed by atoms with Gasteiger partial charge < -0.3 is 4.74 Å². The van der Waals surface area contributed by atoms with Crippen LogP contribution in [0, 0.1) is 34.5 Å². The van der Waals surface area contributed by atoms with E-state index in [0.29, 0.717) is 24.0 Å². The number of unbranched alkanes of at least 4 members (excludes halogenated alkanes) is 3. The molecule has 0 aromatic carbocycles. The second-order valence-electron chi connectivity index (χ2n) is 12.4. The standard InChI is InChI=1S/C29H46O3/c1-20(2)9-7-5-6-8-10-27(31)32-26-14-13-24-23-12-11-21-19-22(30)15-17-28(21,3)25(23)16-18-29(24,26)4/h19-20,23-26H,5-18H2,1-4H3/t23-,24-,25-,26-,28-,29-/m0/s1. The highest BCUT2D eigenvalue weighted by molar-refractivity contribution is 5.91. The second kappa shape index (κ2) is 9.63. The number of allylic oxidation sites excluding steroid dienone is 1. The van der Waals surface area contributed by atoms with E-state index < -0.39 is 0 Å². The maximum Gasteiger partial charge on any atom is 0.306 e. The molecule has 0 aromatic heterocycles. The molecule has 3 heteroatoms. The van der Waals surface area contributed by atoms with Gasteiger partial charge >= 0.3 is 5.97 Å². The molecule has 0 unspecified atom stereocenters. The summed E-state index contributed by atoms with van der Waals surface area (Å²) in [5.41, 5.74) is 1.81. The highest BCUT2D eigenvalue weighted by Crippen LogP contribution is 2.65. The van der Waals surface area contributed by atoms with E-state index in [0.717, 1.165) is 50.4 Å². The topological polar surface area (TPSA) is 43.4 Å². The number of ether oxygens (including phenoxy) is 1. The number of hydrogen-bond acceptors (Lipinski definition) is 3. The van der Waals surface area contributed by atoms with Crippen LogP contribution >= 0.6 is 0 Å². The Balaban J connectivity index is 1.32. The lowest BCUT2D eigenvalue weighted by Crippen LogP contribution is -2.51. The number of ketones is 1. The first-order valence-electron chi connectivity index (χ1n) is 13.7. The zero-order chi connectivity index (χ0) is 22.9. The molecule has 0 bridgehead atoms. The van der Waals surface area contributed by atoms with Gasteiger partial charge in [-0.3, -0.25) is 9.59 Å². The first kappa shape index (κ1) is 24.0. The molecule has 32 heavy (non-hydrogen) atoms. The van der Waals surface area contributed by atoms with Gasteiger partial charge in [-0.25, -0.2) is 0 Å². The van der Waals surface area contributed by atoms with Crippen LogP contribution in [0.3, 0.4) is 0 Å². The smallest absolute Gasteiger partial charge is 0.306 e. The summed E-state index contributed by atoms with van der Waals surface area (Å²) in [4.78, 5) is 24.7. The van der Waals surface area contributed by atoms with Crippen LogP contribution in [0.1, 0.15) is 118 Å². The summed E-state index contributed by atoms with van der Waals surface area (Å²) >= 11 is 0. The van der Waals surface area contributed by atoms with E-state index in [2.05, 4.69) is 27.7 Å². The maximum atomic E-state index is 12.6. The fourth-order valence-electron chi connectivity index (χ4n) is 8.10. The fourth-order valence-corrected chi connectivity index (χ4v) is 8.10. The summed E-state index contributed by atoms with van der Waals surface area (Å²) in [6, 6.07) is 0. The van der Waals surface area contributed by atoms with Gasteiger partial charge in [0.25, 0.3) is 0 Å². The summed E-state index contributed by atoms with van der Waals surface area (Å²) in [5.74, 6) is 3.26. The zero-order valence-electron chi connectivity index (χ0n) is 21.1. The van der Waals surface area contributed by atoms with Crippen LogP contribution in [0.5, 0.6) is 0 Å². The molecule has 0 aromatic rings. The van der Waals surface area contributed by atoms with Gasteiger partial charge in [0.15, 0.2) is 5.78 Å². The summed E-state index contributed by atoms with van der Waals surface area (Å²) in [7, 11) is 0. The van der Waals surface area contributed by atoms with Crippen molar-refractivity contribution in [3.63, 3.8) is 0 Å². The Morgan fingerprint density at radius 1 is 1.00 bits per heavy atom. The highest BCUT2D eigenvalue weighted by Gasteiger charge is 2.59. The molecule has 3 saturated carbocycles. The molecule has 3 fully saturated rings. The molecular weight excluding hydrogens is 396 g/mol. The van der Waals surface area contributed by atoms with Crippen molar-refractivity contribution in [2.24, 2.45) is 34.5 Å². The monoisotopic (exact) mass is 442 g/mol. The molecule has 4 aliphatic carbocycles. The third-order valence-electron chi connectivity index (χ3n) is 10.1. The number of carbonyl (C=O) groups excluding carboxylic acids is 2. The van der Waals surface area contributed by atoms with Crippen molar-refractivity contribution < 1.29 is 14.3 Å². The predicted molar refractivity (Wildman–Crippen MR) is 129 cm³/mol. The van der Waals surface area contributed by atoms with E-state index in [-0.39, 0.29) is 22.9 Å². The Labute approximate surface area is 196 Å². The van der Waals surface area contributed by atoms with Crippen LogP contribution < -0.4 is 0 Å². The number of hydrogen-bond donors (Lipinski definition) is 0. The van der Waals surface area contributed by atoms with Crippen LogP contribution in [0.25, 0.3) is 0 Å². The summed E-state index contributed by atoms with van der Waals surface area (Å²) < 4.78 is 6.16. The van der Waals surface area contributed by atoms with Gasteiger partial charge in [0, 0.05) is 18.3 Å². The van der Waals surface area contributed by atoms with Gasteiger partial charge in [0.05, 0.1) is 0 Å². The summed E-state index contributed by atoms with van der Waals surface area (Å²) in [5, 5.41) is 0. The third-order valence-corrected chi connectivity index (χ3v) is 10.1. The summed E-state index contributed by atoms with van der Waals surface area (Å²) in [6.45, 7) is 9.42. The Bertz CT molecular complexity index is 737. The minimum Gasteiger partial charge on any atom is -0.462 e. The molecule has 3 nitrogen and oxygen atoms in total. The molecular formula is C29H46O3. The predicted octanol–water partition coefficient (Wildman–Crippen LogP) is 7.43. The van der Waals surface area contributed by atoms with Crippen LogP contribution in [-0.4, -0.2) is 17.9 Å². The first-order valence-corrected chi connectivity index (χ1v) is 13.7. The normalized spacial score (nSPS) is 38.7. The molecule has 0 heterocycles. The number of esters is 1. The maximum absolute atomic E-state index is 12.6. The Morgan fingerprint density at radius 3 is 2.56 bits per heavy atom. The Hall–Kier alpha value is -1.12. The molecule has 0 amide bonds. The Morgan fingerprint density at radius 2 is 1.78 bits per heavy atom. The van der Waals surface area contributed by atoms with Crippen LogP contribution in [0.4, 0.5) is 0 Å². The largest absolute Gasteiger partial charge is 0.462 e. The average Bonchev–Trinajstić information content (AvgIpc) is 3.07. The quantitative estimate of drug-likeness (QED) is 0.290. The average molecular weight is 443 g/mol. The van der Waals surface area contributed by atoms with Crippen LogP contribution in [-0.2, 0) is 14.3 Å². The number of rotatable bonds is 8. The molecule has 0 spiro atoms. The molecule has 0 radical (unpaired) electrons. The van der Waals surface area contributed by atoms with Gasteiger partial charge in [-0.1, -0.05) is 59.0 Å². The van der Waals surface area contributed by atoms with E-state index in [1.165, 1.54) is 50.5 Å². The van der Waals surface area contributed by atoms with Crippen LogP contribution in [0.15, 0.2) is 11.6 Å². The van der Waals surface area contributed by atoms with Crippen molar-refractivity contribution in [1.29, 1.82) is 0 Å². The second-order valence-corrected chi connectivity index (χ2v) is 12.4. The van der Waals surface area contributed by atoms with E-state index >= 15 is 0 Å². The molecule has 4 aliphatic rings. The van der Waals surface area contributed by atoms with Crippen molar-refractivity contribution in [2.75, 3.05) is 0 Å². The van der Waals surface area contributed by atoms with E-state index in [1.807, 2.05) is 6.08 Å². The van der Waals surface area contributed by atoms with E-state index in [4.69, 9.17) is 4.74 Å². The molecule has 180 valence electrons.